The molecule has 27 heavy (non-hydrogen) atoms. The van der Waals surface area contributed by atoms with E-state index < -0.39 is 0 Å². The third kappa shape index (κ3) is 8.95. The van der Waals surface area contributed by atoms with Gasteiger partial charge in [0.15, 0.2) is 5.96 Å². The average molecular weight is 494 g/mol. The lowest BCUT2D eigenvalue weighted by Crippen LogP contribution is -2.50. The van der Waals surface area contributed by atoms with Crippen LogP contribution in [0.25, 0.3) is 0 Å². The lowest BCUT2D eigenvalue weighted by Gasteiger charge is -2.34. The lowest BCUT2D eigenvalue weighted by molar-refractivity contribution is -0.130. The third-order valence-corrected chi connectivity index (χ3v) is 5.62. The van der Waals surface area contributed by atoms with Gasteiger partial charge in [-0.15, -0.1) is 24.0 Å². The van der Waals surface area contributed by atoms with Crippen molar-refractivity contribution in [3.8, 4) is 0 Å². The van der Waals surface area contributed by atoms with Gasteiger partial charge in [0.2, 0.25) is 5.91 Å². The van der Waals surface area contributed by atoms with Crippen LogP contribution in [0.4, 0.5) is 0 Å². The fourth-order valence-corrected chi connectivity index (χ4v) is 3.82. The zero-order valence-electron chi connectivity index (χ0n) is 17.4. The Morgan fingerprint density at radius 1 is 1.04 bits per heavy atom. The van der Waals surface area contributed by atoms with Crippen molar-refractivity contribution in [2.24, 2.45) is 4.99 Å². The standard InChI is InChI=1S/C19H38N6O.HI/c1-17-7-4-5-10-24(17)11-6-8-21-19(20-3)22-9-12-23-13-15-25(16-14-23)18(2)26;/h17H,4-16H2,1-3H3,(H2,20,21,22);1H. The molecule has 2 fully saturated rings. The van der Waals surface area contributed by atoms with E-state index in [-0.39, 0.29) is 29.9 Å². The molecule has 8 heteroatoms. The van der Waals surface area contributed by atoms with Crippen LogP contribution in [0.15, 0.2) is 4.99 Å². The van der Waals surface area contributed by atoms with Crippen LogP contribution in [0, 0.1) is 0 Å². The molecule has 2 saturated heterocycles. The molecule has 2 aliphatic rings. The molecule has 0 aromatic heterocycles. The summed E-state index contributed by atoms with van der Waals surface area (Å²) in [5.41, 5.74) is 0. The summed E-state index contributed by atoms with van der Waals surface area (Å²) >= 11 is 0. The predicted molar refractivity (Wildman–Crippen MR) is 123 cm³/mol. The Labute approximate surface area is 182 Å². The van der Waals surface area contributed by atoms with Crippen molar-refractivity contribution in [1.82, 2.24) is 25.3 Å². The van der Waals surface area contributed by atoms with E-state index in [1.54, 1.807) is 6.92 Å². The molecule has 0 aromatic rings. The van der Waals surface area contributed by atoms with Gasteiger partial charge in [-0.05, 0) is 32.7 Å². The molecule has 1 amide bonds. The van der Waals surface area contributed by atoms with E-state index in [0.717, 1.165) is 64.2 Å². The predicted octanol–water partition coefficient (Wildman–Crippen LogP) is 1.20. The monoisotopic (exact) mass is 494 g/mol. The van der Waals surface area contributed by atoms with Crippen LogP contribution in [0.5, 0.6) is 0 Å². The second-order valence-electron chi connectivity index (χ2n) is 7.51. The largest absolute Gasteiger partial charge is 0.356 e. The van der Waals surface area contributed by atoms with Crippen molar-refractivity contribution in [2.45, 2.75) is 45.6 Å². The van der Waals surface area contributed by atoms with Crippen LogP contribution in [0.3, 0.4) is 0 Å². The first-order valence-corrected chi connectivity index (χ1v) is 10.3. The van der Waals surface area contributed by atoms with Gasteiger partial charge in [0.05, 0.1) is 0 Å². The third-order valence-electron chi connectivity index (χ3n) is 5.62. The Balaban J connectivity index is 0.00000364. The van der Waals surface area contributed by atoms with Gasteiger partial charge in [0.25, 0.3) is 0 Å². The molecule has 1 atom stereocenters. The van der Waals surface area contributed by atoms with Gasteiger partial charge >= 0.3 is 0 Å². The maximum atomic E-state index is 11.4. The highest BCUT2D eigenvalue weighted by atomic mass is 127. The van der Waals surface area contributed by atoms with Crippen LogP contribution < -0.4 is 10.6 Å². The number of guanidine groups is 1. The number of rotatable bonds is 7. The number of carbonyl (C=O) groups excluding carboxylic acids is 1. The van der Waals surface area contributed by atoms with Crippen molar-refractivity contribution < 1.29 is 4.79 Å². The molecular weight excluding hydrogens is 455 g/mol. The molecule has 2 heterocycles. The minimum atomic E-state index is 0. The molecule has 0 radical (unpaired) electrons. The Kier molecular flexibility index (Phi) is 12.3. The first-order valence-electron chi connectivity index (χ1n) is 10.3. The van der Waals surface area contributed by atoms with Gasteiger partial charge in [0.1, 0.15) is 0 Å². The molecule has 2 rings (SSSR count). The number of hydrogen-bond donors (Lipinski definition) is 2. The number of nitrogens with one attached hydrogen (secondary N) is 2. The van der Waals surface area contributed by atoms with Gasteiger partial charge in [-0.3, -0.25) is 14.7 Å². The minimum absolute atomic E-state index is 0. The maximum absolute atomic E-state index is 11.4. The van der Waals surface area contributed by atoms with Crippen LogP contribution in [-0.4, -0.2) is 98.6 Å². The Hall–Kier alpha value is -0.610. The summed E-state index contributed by atoms with van der Waals surface area (Å²) < 4.78 is 0. The first kappa shape index (κ1) is 24.4. The SMILES string of the molecule is CN=C(NCCCN1CCCCC1C)NCCN1CCN(C(C)=O)CC1.I. The Bertz CT molecular complexity index is 453. The van der Waals surface area contributed by atoms with Crippen molar-refractivity contribution in [2.75, 3.05) is 66.0 Å². The minimum Gasteiger partial charge on any atom is -0.356 e. The topological polar surface area (TPSA) is 63.2 Å². The summed E-state index contributed by atoms with van der Waals surface area (Å²) in [4.78, 5) is 22.6. The number of aliphatic imine (C=N–C) groups is 1. The van der Waals surface area contributed by atoms with Gasteiger partial charge in [0, 0.05) is 72.4 Å². The molecular formula is C19H39IN6O. The number of likely N-dealkylation sites (tertiary alicyclic amines) is 1. The van der Waals surface area contributed by atoms with Gasteiger partial charge in [-0.2, -0.15) is 0 Å². The fraction of sp³-hybridized carbons (Fsp3) is 0.895. The lowest BCUT2D eigenvalue weighted by atomic mass is 10.0. The molecule has 2 N–H and O–H groups in total. The summed E-state index contributed by atoms with van der Waals surface area (Å²) in [5.74, 6) is 1.07. The van der Waals surface area contributed by atoms with Gasteiger partial charge in [-0.25, -0.2) is 0 Å². The zero-order chi connectivity index (χ0) is 18.8. The molecule has 0 aromatic carbocycles. The van der Waals surface area contributed by atoms with Crippen LogP contribution in [0.2, 0.25) is 0 Å². The molecule has 0 saturated carbocycles. The quantitative estimate of drug-likeness (QED) is 0.241. The van der Waals surface area contributed by atoms with E-state index in [0.29, 0.717) is 0 Å². The highest BCUT2D eigenvalue weighted by molar-refractivity contribution is 14.0. The number of piperazine rings is 1. The normalized spacial score (nSPS) is 22.3. The highest BCUT2D eigenvalue weighted by Gasteiger charge is 2.18. The summed E-state index contributed by atoms with van der Waals surface area (Å²) in [6, 6.07) is 0.740. The molecule has 158 valence electrons. The van der Waals surface area contributed by atoms with E-state index in [2.05, 4.69) is 32.3 Å². The Morgan fingerprint density at radius 2 is 1.74 bits per heavy atom. The van der Waals surface area contributed by atoms with Crippen molar-refractivity contribution in [3.05, 3.63) is 0 Å². The molecule has 0 bridgehead atoms. The molecule has 2 aliphatic heterocycles. The number of halogens is 1. The number of amides is 1. The number of hydrogen-bond acceptors (Lipinski definition) is 4. The van der Waals surface area contributed by atoms with E-state index in [1.807, 2.05) is 11.9 Å². The van der Waals surface area contributed by atoms with Crippen molar-refractivity contribution in [3.63, 3.8) is 0 Å². The highest BCUT2D eigenvalue weighted by Crippen LogP contribution is 2.15. The smallest absolute Gasteiger partial charge is 0.219 e. The fourth-order valence-electron chi connectivity index (χ4n) is 3.82. The van der Waals surface area contributed by atoms with Crippen molar-refractivity contribution >= 4 is 35.8 Å². The summed E-state index contributed by atoms with van der Waals surface area (Å²) in [5, 5.41) is 6.83. The van der Waals surface area contributed by atoms with Crippen LogP contribution in [-0.2, 0) is 4.79 Å². The molecule has 0 spiro atoms. The Morgan fingerprint density at radius 3 is 2.37 bits per heavy atom. The summed E-state index contributed by atoms with van der Waals surface area (Å²) in [7, 11) is 1.83. The van der Waals surface area contributed by atoms with Crippen LogP contribution in [0.1, 0.15) is 39.5 Å². The first-order chi connectivity index (χ1) is 12.6. The molecule has 1 unspecified atom stereocenters. The van der Waals surface area contributed by atoms with E-state index >= 15 is 0 Å². The van der Waals surface area contributed by atoms with Gasteiger partial charge in [-0.1, -0.05) is 6.42 Å². The second-order valence-corrected chi connectivity index (χ2v) is 7.51. The van der Waals surface area contributed by atoms with E-state index in [1.165, 1.54) is 32.4 Å². The van der Waals surface area contributed by atoms with Gasteiger partial charge < -0.3 is 20.4 Å². The number of piperidine rings is 1. The zero-order valence-corrected chi connectivity index (χ0v) is 19.7. The van der Waals surface area contributed by atoms with E-state index in [4.69, 9.17) is 0 Å². The number of carbonyl (C=O) groups is 1. The van der Waals surface area contributed by atoms with Crippen molar-refractivity contribution in [1.29, 1.82) is 0 Å². The summed E-state index contributed by atoms with van der Waals surface area (Å²) in [6.45, 7) is 12.9. The van der Waals surface area contributed by atoms with E-state index in [9.17, 15) is 4.79 Å². The average Bonchev–Trinajstić information content (AvgIpc) is 2.65. The number of nitrogens with zero attached hydrogens (tertiary/aromatic N) is 4. The maximum Gasteiger partial charge on any atom is 0.219 e. The second kappa shape index (κ2) is 13.5. The van der Waals surface area contributed by atoms with Crippen LogP contribution >= 0.6 is 24.0 Å². The summed E-state index contributed by atoms with van der Waals surface area (Å²) in [6.07, 6.45) is 5.23. The molecule has 0 aliphatic carbocycles. The molecule has 7 nitrogen and oxygen atoms in total.